The Morgan fingerprint density at radius 2 is 1.67 bits per heavy atom. The average molecular weight is 282 g/mol. The van der Waals surface area contributed by atoms with Gasteiger partial charge in [-0.3, -0.25) is 4.79 Å². The van der Waals surface area contributed by atoms with Crippen LogP contribution in [0.4, 0.5) is 5.69 Å². The molecule has 110 valence electrons. The molecule has 21 heavy (non-hydrogen) atoms. The molecule has 3 heteroatoms. The highest BCUT2D eigenvalue weighted by Crippen LogP contribution is 2.58. The topological polar surface area (TPSA) is 46.3 Å². The lowest BCUT2D eigenvalue weighted by molar-refractivity contribution is -0.0748. The monoisotopic (exact) mass is 282 g/mol. The first-order valence-electron chi connectivity index (χ1n) is 8.34. The van der Waals surface area contributed by atoms with Crippen molar-refractivity contribution in [3.63, 3.8) is 0 Å². The van der Waals surface area contributed by atoms with Gasteiger partial charge in [0.05, 0.1) is 0 Å². The third kappa shape index (κ3) is 1.52. The quantitative estimate of drug-likeness (QED) is 0.804. The van der Waals surface area contributed by atoms with Crippen LogP contribution in [0.3, 0.4) is 0 Å². The summed E-state index contributed by atoms with van der Waals surface area (Å²) in [5.74, 6) is 2.83. The van der Waals surface area contributed by atoms with Crippen LogP contribution in [0.25, 0.3) is 0 Å². The van der Waals surface area contributed by atoms with E-state index in [2.05, 4.69) is 4.90 Å². The van der Waals surface area contributed by atoms with Crippen molar-refractivity contribution in [2.24, 2.45) is 17.8 Å². The number of nitrogens with two attached hydrogens (primary N) is 1. The number of hydrogen-bond donors (Lipinski definition) is 1. The van der Waals surface area contributed by atoms with Gasteiger partial charge in [-0.25, -0.2) is 0 Å². The van der Waals surface area contributed by atoms with Crippen LogP contribution in [0.5, 0.6) is 0 Å². The number of carbonyl (C=O) groups is 1. The lowest BCUT2D eigenvalue weighted by atomic mass is 9.52. The van der Waals surface area contributed by atoms with E-state index in [1.165, 1.54) is 38.5 Å². The van der Waals surface area contributed by atoms with Gasteiger partial charge in [0.1, 0.15) is 0 Å². The Morgan fingerprint density at radius 1 is 1.05 bits per heavy atom. The Morgan fingerprint density at radius 3 is 2.24 bits per heavy atom. The molecule has 1 heterocycles. The first-order chi connectivity index (χ1) is 10.1. The van der Waals surface area contributed by atoms with E-state index in [4.69, 9.17) is 5.73 Å². The van der Waals surface area contributed by atoms with E-state index >= 15 is 0 Å². The molecule has 3 nitrogen and oxygen atoms in total. The van der Waals surface area contributed by atoms with E-state index in [9.17, 15) is 4.79 Å². The van der Waals surface area contributed by atoms with Crippen molar-refractivity contribution in [1.82, 2.24) is 4.90 Å². The summed E-state index contributed by atoms with van der Waals surface area (Å²) in [6.45, 7) is 0.743. The summed E-state index contributed by atoms with van der Waals surface area (Å²) in [7, 11) is 0. The second-order valence-electron chi connectivity index (χ2n) is 7.91. The zero-order chi connectivity index (χ0) is 14.2. The zero-order valence-electron chi connectivity index (χ0n) is 12.3. The Bertz CT molecular complexity index is 601. The molecule has 5 aliphatic rings. The Labute approximate surface area is 125 Å². The maximum Gasteiger partial charge on any atom is 0.255 e. The van der Waals surface area contributed by atoms with Crippen molar-refractivity contribution >= 4 is 11.6 Å². The molecule has 2 N–H and O–H groups in total. The maximum absolute atomic E-state index is 12.9. The van der Waals surface area contributed by atoms with Gasteiger partial charge in [0, 0.05) is 28.9 Å². The number of rotatable bonds is 1. The summed E-state index contributed by atoms with van der Waals surface area (Å²) in [6, 6.07) is 5.79. The molecule has 1 aromatic rings. The second kappa shape index (κ2) is 3.82. The second-order valence-corrected chi connectivity index (χ2v) is 7.91. The predicted octanol–water partition coefficient (Wildman–Crippen LogP) is 3.19. The van der Waals surface area contributed by atoms with Gasteiger partial charge in [0.15, 0.2) is 0 Å². The van der Waals surface area contributed by atoms with Gasteiger partial charge in [-0.15, -0.1) is 0 Å². The molecule has 0 spiro atoms. The number of hydrogen-bond acceptors (Lipinski definition) is 2. The Hall–Kier alpha value is -1.51. The number of amides is 1. The maximum atomic E-state index is 12.9. The molecule has 0 aromatic heterocycles. The molecule has 0 radical (unpaired) electrons. The number of fused-ring (bicyclic) bond motifs is 1. The van der Waals surface area contributed by atoms with Gasteiger partial charge >= 0.3 is 0 Å². The van der Waals surface area contributed by atoms with Gasteiger partial charge in [0.25, 0.3) is 5.91 Å². The molecule has 4 aliphatic carbocycles. The van der Waals surface area contributed by atoms with Crippen molar-refractivity contribution in [3.8, 4) is 0 Å². The van der Waals surface area contributed by atoms with Crippen LogP contribution in [0.15, 0.2) is 18.2 Å². The van der Waals surface area contributed by atoms with Gasteiger partial charge in [-0.1, -0.05) is 6.07 Å². The van der Waals surface area contributed by atoms with Crippen LogP contribution in [0.1, 0.15) is 54.4 Å². The van der Waals surface area contributed by atoms with Crippen LogP contribution in [-0.4, -0.2) is 16.3 Å². The van der Waals surface area contributed by atoms with Crippen molar-refractivity contribution in [2.45, 2.75) is 50.6 Å². The van der Waals surface area contributed by atoms with Crippen molar-refractivity contribution in [3.05, 3.63) is 29.3 Å². The van der Waals surface area contributed by atoms with Crippen LogP contribution >= 0.6 is 0 Å². The van der Waals surface area contributed by atoms with Crippen LogP contribution in [0, 0.1) is 17.8 Å². The minimum absolute atomic E-state index is 0.150. The van der Waals surface area contributed by atoms with Crippen LogP contribution in [-0.2, 0) is 6.54 Å². The number of nitrogens with zero attached hydrogens (tertiary/aromatic N) is 1. The zero-order valence-corrected chi connectivity index (χ0v) is 12.3. The molecule has 1 amide bonds. The molecule has 1 aliphatic heterocycles. The highest BCUT2D eigenvalue weighted by atomic mass is 16.2. The molecule has 4 bridgehead atoms. The fourth-order valence-electron chi connectivity index (χ4n) is 6.14. The summed E-state index contributed by atoms with van der Waals surface area (Å²) in [5, 5.41) is 0. The third-order valence-electron chi connectivity index (χ3n) is 6.58. The Balaban J connectivity index is 1.55. The van der Waals surface area contributed by atoms with Gasteiger partial charge < -0.3 is 10.6 Å². The number of anilines is 1. The van der Waals surface area contributed by atoms with Gasteiger partial charge in [-0.2, -0.15) is 0 Å². The highest BCUT2D eigenvalue weighted by Gasteiger charge is 2.56. The lowest BCUT2D eigenvalue weighted by Crippen LogP contribution is -2.59. The molecule has 1 aromatic carbocycles. The molecule has 4 saturated carbocycles. The standard InChI is InChI=1S/C18H22N2O/c19-16-3-1-2-14-15(16)10-20(17(14)21)18-7-11-4-12(8-18)6-13(5-11)9-18/h1-3,11-13H,4-10,19H2. The minimum atomic E-state index is 0.150. The van der Waals surface area contributed by atoms with Gasteiger partial charge in [-0.05, 0) is 68.4 Å². The fraction of sp³-hybridized carbons (Fsp3) is 0.611. The smallest absolute Gasteiger partial charge is 0.255 e. The molecule has 4 fully saturated rings. The van der Waals surface area contributed by atoms with Crippen LogP contribution in [0.2, 0.25) is 0 Å². The van der Waals surface area contributed by atoms with Crippen LogP contribution < -0.4 is 5.73 Å². The highest BCUT2D eigenvalue weighted by molar-refractivity contribution is 6.00. The first kappa shape index (κ1) is 12.1. The normalized spacial score (nSPS) is 39.9. The largest absolute Gasteiger partial charge is 0.398 e. The van der Waals surface area contributed by atoms with Gasteiger partial charge in [0.2, 0.25) is 0 Å². The molecule has 0 saturated heterocycles. The predicted molar refractivity (Wildman–Crippen MR) is 81.6 cm³/mol. The number of benzene rings is 1. The summed E-state index contributed by atoms with van der Waals surface area (Å²) in [5.41, 5.74) is 8.96. The molecule has 0 atom stereocenters. The van der Waals surface area contributed by atoms with E-state index in [0.29, 0.717) is 0 Å². The van der Waals surface area contributed by atoms with Crippen molar-refractivity contribution in [1.29, 1.82) is 0 Å². The molecule has 0 unspecified atom stereocenters. The molecule has 6 rings (SSSR count). The summed E-state index contributed by atoms with van der Waals surface area (Å²) in [6.07, 6.45) is 7.94. The summed E-state index contributed by atoms with van der Waals surface area (Å²) < 4.78 is 0. The lowest BCUT2D eigenvalue weighted by Gasteiger charge is -2.59. The van der Waals surface area contributed by atoms with E-state index < -0.39 is 0 Å². The number of carbonyl (C=O) groups excluding carboxylic acids is 1. The molecular formula is C18H22N2O. The minimum Gasteiger partial charge on any atom is -0.398 e. The van der Waals surface area contributed by atoms with E-state index in [-0.39, 0.29) is 11.4 Å². The molecular weight excluding hydrogens is 260 g/mol. The summed E-state index contributed by atoms with van der Waals surface area (Å²) >= 11 is 0. The average Bonchev–Trinajstić information content (AvgIpc) is 2.77. The Kier molecular flexibility index (Phi) is 2.20. The van der Waals surface area contributed by atoms with E-state index in [1.807, 2.05) is 18.2 Å². The first-order valence-corrected chi connectivity index (χ1v) is 8.34. The SMILES string of the molecule is Nc1cccc2c1CN(C13CC4CC(CC(C4)C1)C3)C2=O. The van der Waals surface area contributed by atoms with E-state index in [0.717, 1.165) is 41.1 Å². The van der Waals surface area contributed by atoms with E-state index in [1.54, 1.807) is 0 Å². The third-order valence-corrected chi connectivity index (χ3v) is 6.58. The van der Waals surface area contributed by atoms with Crippen molar-refractivity contribution in [2.75, 3.05) is 5.73 Å². The summed E-state index contributed by atoms with van der Waals surface area (Å²) in [4.78, 5) is 15.1. The van der Waals surface area contributed by atoms with Crippen molar-refractivity contribution < 1.29 is 4.79 Å². The number of nitrogen functional groups attached to an aromatic ring is 1. The fourth-order valence-corrected chi connectivity index (χ4v) is 6.14.